The molecule has 0 aliphatic carbocycles. The van der Waals surface area contributed by atoms with Crippen LogP contribution in [0.3, 0.4) is 0 Å². The van der Waals surface area contributed by atoms with E-state index in [9.17, 15) is 4.79 Å². The van der Waals surface area contributed by atoms with Crippen molar-refractivity contribution in [1.29, 1.82) is 0 Å². The topological polar surface area (TPSA) is 66.9 Å². The quantitative estimate of drug-likeness (QED) is 0.785. The van der Waals surface area contributed by atoms with Crippen molar-refractivity contribution in [2.24, 2.45) is 0 Å². The van der Waals surface area contributed by atoms with E-state index in [2.05, 4.69) is 41.6 Å². The molecular formula is C11H20N4OS. The summed E-state index contributed by atoms with van der Waals surface area (Å²) in [5.41, 5.74) is 0. The summed E-state index contributed by atoms with van der Waals surface area (Å²) in [6, 6.07) is 0.221. The average Bonchev–Trinajstić information content (AvgIpc) is 2.82. The molecule has 1 aromatic heterocycles. The molecule has 0 fully saturated rings. The van der Waals surface area contributed by atoms with Crippen LogP contribution in [0.2, 0.25) is 0 Å². The predicted molar refractivity (Wildman–Crippen MR) is 70.5 cm³/mol. The molecule has 0 saturated carbocycles. The Hall–Kier alpha value is -1.17. The highest BCUT2D eigenvalue weighted by molar-refractivity contribution is 7.17. The maximum Gasteiger partial charge on any atom is 0.282 e. The monoisotopic (exact) mass is 256 g/mol. The van der Waals surface area contributed by atoms with Crippen molar-refractivity contribution in [3.8, 4) is 0 Å². The second kappa shape index (κ2) is 7.21. The molecule has 6 heteroatoms. The lowest BCUT2D eigenvalue weighted by Gasteiger charge is -2.12. The molecule has 0 spiro atoms. The minimum absolute atomic E-state index is 0.124. The summed E-state index contributed by atoms with van der Waals surface area (Å²) in [4.78, 5) is 11.8. The van der Waals surface area contributed by atoms with Gasteiger partial charge < -0.3 is 10.6 Å². The van der Waals surface area contributed by atoms with Gasteiger partial charge in [0.1, 0.15) is 0 Å². The lowest BCUT2D eigenvalue weighted by molar-refractivity contribution is 0.0933. The molecule has 1 rings (SSSR count). The highest BCUT2D eigenvalue weighted by Gasteiger charge is 2.15. The Morgan fingerprint density at radius 3 is 2.59 bits per heavy atom. The molecule has 2 N–H and O–H groups in total. The molecule has 0 unspecified atom stereocenters. The van der Waals surface area contributed by atoms with Gasteiger partial charge in [-0.2, -0.15) is 0 Å². The lowest BCUT2D eigenvalue weighted by Crippen LogP contribution is -2.33. The van der Waals surface area contributed by atoms with Crippen molar-refractivity contribution in [3.05, 3.63) is 5.01 Å². The van der Waals surface area contributed by atoms with Crippen LogP contribution >= 0.6 is 11.3 Å². The standard InChI is InChI=1S/C11H20N4OS/c1-4-7-12-11-15-14-10(17-11)9(16)13-8(5-2)6-3/h8H,4-7H2,1-3H3,(H,12,15)(H,13,16). The van der Waals surface area contributed by atoms with Gasteiger partial charge >= 0.3 is 0 Å². The molecule has 0 aliphatic rings. The number of hydrogen-bond donors (Lipinski definition) is 2. The molecule has 1 heterocycles. The van der Waals surface area contributed by atoms with E-state index < -0.39 is 0 Å². The number of nitrogens with zero attached hydrogens (tertiary/aromatic N) is 2. The van der Waals surface area contributed by atoms with E-state index in [0.717, 1.165) is 25.8 Å². The van der Waals surface area contributed by atoms with E-state index in [1.54, 1.807) is 0 Å². The third kappa shape index (κ3) is 4.30. The molecular weight excluding hydrogens is 236 g/mol. The summed E-state index contributed by atoms with van der Waals surface area (Å²) >= 11 is 1.30. The smallest absolute Gasteiger partial charge is 0.282 e. The van der Waals surface area contributed by atoms with Crippen LogP contribution in [0.25, 0.3) is 0 Å². The Morgan fingerprint density at radius 1 is 1.29 bits per heavy atom. The number of hydrogen-bond acceptors (Lipinski definition) is 5. The summed E-state index contributed by atoms with van der Waals surface area (Å²) in [6.07, 6.45) is 2.89. The van der Waals surface area contributed by atoms with Crippen molar-refractivity contribution in [2.75, 3.05) is 11.9 Å². The first-order chi connectivity index (χ1) is 8.21. The maximum atomic E-state index is 11.8. The molecule has 17 heavy (non-hydrogen) atoms. The first kappa shape index (κ1) is 13.9. The summed E-state index contributed by atoms with van der Waals surface area (Å²) < 4.78 is 0. The Labute approximate surface area is 106 Å². The fraction of sp³-hybridized carbons (Fsp3) is 0.727. The third-order valence-corrected chi connectivity index (χ3v) is 3.35. The van der Waals surface area contributed by atoms with Crippen LogP contribution in [0.1, 0.15) is 49.8 Å². The van der Waals surface area contributed by atoms with E-state index in [4.69, 9.17) is 0 Å². The van der Waals surface area contributed by atoms with Crippen LogP contribution in [0, 0.1) is 0 Å². The average molecular weight is 256 g/mol. The van der Waals surface area contributed by atoms with Crippen molar-refractivity contribution in [3.63, 3.8) is 0 Å². The van der Waals surface area contributed by atoms with Crippen molar-refractivity contribution in [2.45, 2.75) is 46.1 Å². The number of anilines is 1. The molecule has 0 aromatic carbocycles. The summed E-state index contributed by atoms with van der Waals surface area (Å²) in [5, 5.41) is 15.0. The SMILES string of the molecule is CCCNc1nnc(C(=O)NC(CC)CC)s1. The Morgan fingerprint density at radius 2 is 2.00 bits per heavy atom. The van der Waals surface area contributed by atoms with Gasteiger partial charge in [0, 0.05) is 12.6 Å². The minimum Gasteiger partial charge on any atom is -0.360 e. The van der Waals surface area contributed by atoms with E-state index in [0.29, 0.717) is 10.1 Å². The fourth-order valence-electron chi connectivity index (χ4n) is 1.36. The molecule has 0 radical (unpaired) electrons. The number of carbonyl (C=O) groups is 1. The maximum absolute atomic E-state index is 11.8. The van der Waals surface area contributed by atoms with Gasteiger partial charge in [0.2, 0.25) is 10.1 Å². The van der Waals surface area contributed by atoms with Crippen molar-refractivity contribution >= 4 is 22.4 Å². The van der Waals surface area contributed by atoms with Crippen molar-refractivity contribution in [1.82, 2.24) is 15.5 Å². The fourth-order valence-corrected chi connectivity index (χ4v) is 2.03. The van der Waals surface area contributed by atoms with Gasteiger partial charge in [-0.15, -0.1) is 10.2 Å². The molecule has 1 aromatic rings. The molecule has 0 atom stereocenters. The number of amides is 1. The van der Waals surface area contributed by atoms with Crippen molar-refractivity contribution < 1.29 is 4.79 Å². The van der Waals surface area contributed by atoms with Gasteiger partial charge in [-0.3, -0.25) is 4.79 Å². The largest absolute Gasteiger partial charge is 0.360 e. The van der Waals surface area contributed by atoms with E-state index in [1.165, 1.54) is 11.3 Å². The number of rotatable bonds is 7. The number of nitrogens with one attached hydrogen (secondary N) is 2. The van der Waals surface area contributed by atoms with E-state index in [-0.39, 0.29) is 11.9 Å². The second-order valence-electron chi connectivity index (χ2n) is 3.83. The van der Waals surface area contributed by atoms with Crippen LogP contribution in [-0.4, -0.2) is 28.7 Å². The van der Waals surface area contributed by atoms with Gasteiger partial charge in [0.25, 0.3) is 5.91 Å². The zero-order valence-corrected chi connectivity index (χ0v) is 11.4. The van der Waals surface area contributed by atoms with Gasteiger partial charge in [0.15, 0.2) is 0 Å². The Kier molecular flexibility index (Phi) is 5.90. The second-order valence-corrected chi connectivity index (χ2v) is 4.80. The van der Waals surface area contributed by atoms with Gasteiger partial charge in [-0.25, -0.2) is 0 Å². The molecule has 96 valence electrons. The molecule has 5 nitrogen and oxygen atoms in total. The first-order valence-electron chi connectivity index (χ1n) is 6.09. The molecule has 1 amide bonds. The normalized spacial score (nSPS) is 10.6. The van der Waals surface area contributed by atoms with Gasteiger partial charge in [0.05, 0.1) is 0 Å². The number of aromatic nitrogens is 2. The summed E-state index contributed by atoms with van der Waals surface area (Å²) in [7, 11) is 0. The predicted octanol–water partition coefficient (Wildman–Crippen LogP) is 2.28. The third-order valence-electron chi connectivity index (χ3n) is 2.47. The summed E-state index contributed by atoms with van der Waals surface area (Å²) in [5.74, 6) is -0.124. The summed E-state index contributed by atoms with van der Waals surface area (Å²) in [6.45, 7) is 7.04. The van der Waals surface area contributed by atoms with Crippen LogP contribution in [0.5, 0.6) is 0 Å². The Balaban J connectivity index is 2.54. The minimum atomic E-state index is -0.124. The highest BCUT2D eigenvalue weighted by atomic mass is 32.1. The molecule has 0 saturated heterocycles. The Bertz CT molecular complexity index is 349. The van der Waals surface area contributed by atoms with Crippen LogP contribution in [0.15, 0.2) is 0 Å². The molecule has 0 aliphatic heterocycles. The van der Waals surface area contributed by atoms with Crippen LogP contribution in [0.4, 0.5) is 5.13 Å². The zero-order valence-electron chi connectivity index (χ0n) is 10.6. The zero-order chi connectivity index (χ0) is 12.7. The van der Waals surface area contributed by atoms with E-state index >= 15 is 0 Å². The molecule has 0 bridgehead atoms. The van der Waals surface area contributed by atoms with Crippen LogP contribution < -0.4 is 10.6 Å². The first-order valence-corrected chi connectivity index (χ1v) is 6.91. The van der Waals surface area contributed by atoms with Gasteiger partial charge in [-0.1, -0.05) is 32.1 Å². The van der Waals surface area contributed by atoms with Gasteiger partial charge in [-0.05, 0) is 19.3 Å². The van der Waals surface area contributed by atoms with Crippen LogP contribution in [-0.2, 0) is 0 Å². The van der Waals surface area contributed by atoms with E-state index in [1.807, 2.05) is 0 Å². The number of carbonyl (C=O) groups excluding carboxylic acids is 1. The lowest BCUT2D eigenvalue weighted by atomic mass is 10.2. The highest BCUT2D eigenvalue weighted by Crippen LogP contribution is 2.15.